The van der Waals surface area contributed by atoms with Crippen LogP contribution in [0.15, 0.2) is 60.8 Å². The molecule has 0 saturated carbocycles. The molecule has 3 aromatic rings. The van der Waals surface area contributed by atoms with Crippen molar-refractivity contribution in [3.63, 3.8) is 0 Å². The summed E-state index contributed by atoms with van der Waals surface area (Å²) in [6.45, 7) is 2.01. The van der Waals surface area contributed by atoms with E-state index in [0.717, 1.165) is 22.2 Å². The molecule has 1 aromatic heterocycles. The molecular formula is C19H17ClN2O. The highest BCUT2D eigenvalue weighted by molar-refractivity contribution is 6.31. The van der Waals surface area contributed by atoms with Crippen molar-refractivity contribution in [2.45, 2.75) is 19.3 Å². The van der Waals surface area contributed by atoms with E-state index in [0.29, 0.717) is 11.4 Å². The van der Waals surface area contributed by atoms with E-state index in [1.54, 1.807) is 6.20 Å². The Morgan fingerprint density at radius 1 is 1.13 bits per heavy atom. The molecule has 1 heterocycles. The van der Waals surface area contributed by atoms with Crippen LogP contribution in [0.5, 0.6) is 0 Å². The number of hydrogen-bond acceptors (Lipinski definition) is 2. The molecule has 1 atom stereocenters. The van der Waals surface area contributed by atoms with Gasteiger partial charge in [0.25, 0.3) is 0 Å². The Labute approximate surface area is 140 Å². The van der Waals surface area contributed by atoms with Crippen LogP contribution in [-0.4, -0.2) is 10.9 Å². The average Bonchev–Trinajstić information content (AvgIpc) is 2.55. The van der Waals surface area contributed by atoms with Gasteiger partial charge in [-0.3, -0.25) is 9.78 Å². The molecule has 23 heavy (non-hydrogen) atoms. The molecule has 2 aromatic carbocycles. The minimum atomic E-state index is -0.0335. The van der Waals surface area contributed by atoms with E-state index < -0.39 is 0 Å². The van der Waals surface area contributed by atoms with Crippen LogP contribution in [-0.2, 0) is 4.79 Å². The second-order valence-electron chi connectivity index (χ2n) is 5.55. The van der Waals surface area contributed by atoms with Gasteiger partial charge in [0.2, 0.25) is 5.91 Å². The summed E-state index contributed by atoms with van der Waals surface area (Å²) in [6.07, 6.45) is 2.12. The highest BCUT2D eigenvalue weighted by Gasteiger charge is 2.14. The zero-order valence-corrected chi connectivity index (χ0v) is 13.5. The number of nitrogens with one attached hydrogen (secondary N) is 1. The smallest absolute Gasteiger partial charge is 0.224 e. The third-order valence-electron chi connectivity index (χ3n) is 3.85. The number of pyridine rings is 1. The van der Waals surface area contributed by atoms with Crippen LogP contribution in [0.1, 0.15) is 24.8 Å². The first kappa shape index (κ1) is 15.5. The van der Waals surface area contributed by atoms with Crippen LogP contribution in [0.2, 0.25) is 5.02 Å². The molecule has 0 aliphatic carbocycles. The number of fused-ring (bicyclic) bond motifs is 1. The first-order chi connectivity index (χ1) is 11.1. The summed E-state index contributed by atoms with van der Waals surface area (Å²) in [4.78, 5) is 16.7. The SMILES string of the molecule is CC(CC(=O)Nc1cccc2ncccc12)c1ccccc1Cl. The van der Waals surface area contributed by atoms with E-state index in [-0.39, 0.29) is 11.8 Å². The fraction of sp³-hybridized carbons (Fsp3) is 0.158. The first-order valence-corrected chi connectivity index (χ1v) is 7.91. The van der Waals surface area contributed by atoms with Gasteiger partial charge in [-0.15, -0.1) is 0 Å². The maximum atomic E-state index is 12.4. The Balaban J connectivity index is 1.75. The molecule has 3 rings (SSSR count). The van der Waals surface area contributed by atoms with Crippen LogP contribution in [0, 0.1) is 0 Å². The molecule has 1 unspecified atom stereocenters. The molecule has 0 aliphatic heterocycles. The van der Waals surface area contributed by atoms with Gasteiger partial charge in [-0.2, -0.15) is 0 Å². The molecule has 0 saturated heterocycles. The summed E-state index contributed by atoms with van der Waals surface area (Å²) in [5.74, 6) is 0.0191. The Kier molecular flexibility index (Phi) is 4.58. The number of carbonyl (C=O) groups excluding carboxylic acids is 1. The number of benzene rings is 2. The molecule has 0 aliphatic rings. The topological polar surface area (TPSA) is 42.0 Å². The van der Waals surface area contributed by atoms with E-state index in [4.69, 9.17) is 11.6 Å². The van der Waals surface area contributed by atoms with E-state index in [2.05, 4.69) is 10.3 Å². The van der Waals surface area contributed by atoms with Crippen LogP contribution < -0.4 is 5.32 Å². The minimum absolute atomic E-state index is 0.0335. The van der Waals surface area contributed by atoms with Gasteiger partial charge in [0.15, 0.2) is 0 Å². The number of hydrogen-bond donors (Lipinski definition) is 1. The number of anilines is 1. The van der Waals surface area contributed by atoms with Crippen molar-refractivity contribution in [1.82, 2.24) is 4.98 Å². The molecule has 0 spiro atoms. The van der Waals surface area contributed by atoms with Gasteiger partial charge in [-0.1, -0.05) is 42.8 Å². The number of rotatable bonds is 4. The maximum Gasteiger partial charge on any atom is 0.224 e. The second-order valence-corrected chi connectivity index (χ2v) is 5.96. The number of carbonyl (C=O) groups is 1. The lowest BCUT2D eigenvalue weighted by atomic mass is 9.97. The highest BCUT2D eigenvalue weighted by Crippen LogP contribution is 2.27. The molecular weight excluding hydrogens is 308 g/mol. The zero-order valence-electron chi connectivity index (χ0n) is 12.8. The number of amides is 1. The molecule has 4 heteroatoms. The molecule has 1 amide bonds. The molecule has 3 nitrogen and oxygen atoms in total. The van der Waals surface area contributed by atoms with Crippen molar-refractivity contribution >= 4 is 34.1 Å². The molecule has 0 fully saturated rings. The largest absolute Gasteiger partial charge is 0.325 e. The van der Waals surface area contributed by atoms with Crippen molar-refractivity contribution < 1.29 is 4.79 Å². The molecule has 0 radical (unpaired) electrons. The van der Waals surface area contributed by atoms with Gasteiger partial charge >= 0.3 is 0 Å². The summed E-state index contributed by atoms with van der Waals surface area (Å²) in [5, 5.41) is 4.62. The lowest BCUT2D eigenvalue weighted by molar-refractivity contribution is -0.116. The third-order valence-corrected chi connectivity index (χ3v) is 4.19. The summed E-state index contributed by atoms with van der Waals surface area (Å²) in [6, 6.07) is 17.2. The van der Waals surface area contributed by atoms with E-state index in [9.17, 15) is 4.79 Å². The average molecular weight is 325 g/mol. The number of aromatic nitrogens is 1. The van der Waals surface area contributed by atoms with E-state index in [1.165, 1.54) is 0 Å². The number of nitrogens with zero attached hydrogens (tertiary/aromatic N) is 1. The van der Waals surface area contributed by atoms with E-state index >= 15 is 0 Å². The third kappa shape index (κ3) is 3.51. The Bertz CT molecular complexity index is 842. The fourth-order valence-corrected chi connectivity index (χ4v) is 3.00. The summed E-state index contributed by atoms with van der Waals surface area (Å²) in [5.41, 5.74) is 2.64. The van der Waals surface area contributed by atoms with Crippen LogP contribution >= 0.6 is 11.6 Å². The van der Waals surface area contributed by atoms with Gasteiger partial charge in [-0.25, -0.2) is 0 Å². The van der Waals surface area contributed by atoms with Crippen molar-refractivity contribution in [3.8, 4) is 0 Å². The lowest BCUT2D eigenvalue weighted by Gasteiger charge is -2.14. The minimum Gasteiger partial charge on any atom is -0.325 e. The van der Waals surface area contributed by atoms with Crippen molar-refractivity contribution in [3.05, 3.63) is 71.4 Å². The Hall–Kier alpha value is -2.39. The lowest BCUT2D eigenvalue weighted by Crippen LogP contribution is -2.14. The van der Waals surface area contributed by atoms with Crippen molar-refractivity contribution in [2.24, 2.45) is 0 Å². The van der Waals surface area contributed by atoms with Gasteiger partial charge in [0, 0.05) is 23.0 Å². The normalized spacial score (nSPS) is 12.1. The number of halogens is 1. The van der Waals surface area contributed by atoms with Crippen molar-refractivity contribution in [2.75, 3.05) is 5.32 Å². The summed E-state index contributed by atoms with van der Waals surface area (Å²) in [7, 11) is 0. The van der Waals surface area contributed by atoms with Crippen LogP contribution in [0.4, 0.5) is 5.69 Å². The Morgan fingerprint density at radius 2 is 1.96 bits per heavy atom. The predicted octanol–water partition coefficient (Wildman–Crippen LogP) is 5.02. The van der Waals surface area contributed by atoms with Gasteiger partial charge in [-0.05, 0) is 41.8 Å². The van der Waals surface area contributed by atoms with Crippen molar-refractivity contribution in [1.29, 1.82) is 0 Å². The predicted molar refractivity (Wildman–Crippen MR) is 94.9 cm³/mol. The second kappa shape index (κ2) is 6.80. The molecule has 0 bridgehead atoms. The van der Waals surface area contributed by atoms with Gasteiger partial charge < -0.3 is 5.32 Å². The fourth-order valence-electron chi connectivity index (χ4n) is 2.68. The summed E-state index contributed by atoms with van der Waals surface area (Å²) < 4.78 is 0. The maximum absolute atomic E-state index is 12.4. The van der Waals surface area contributed by atoms with Gasteiger partial charge in [0.05, 0.1) is 11.2 Å². The van der Waals surface area contributed by atoms with E-state index in [1.807, 2.05) is 61.5 Å². The molecule has 116 valence electrons. The van der Waals surface area contributed by atoms with Crippen LogP contribution in [0.25, 0.3) is 10.9 Å². The quantitative estimate of drug-likeness (QED) is 0.732. The Morgan fingerprint density at radius 3 is 2.78 bits per heavy atom. The standard InChI is InChI=1S/C19H17ClN2O/c1-13(14-6-2-3-8-16(14)20)12-19(23)22-18-10-4-9-17-15(18)7-5-11-21-17/h2-11,13H,12H2,1H3,(H,22,23). The first-order valence-electron chi connectivity index (χ1n) is 7.53. The van der Waals surface area contributed by atoms with Gasteiger partial charge in [0.1, 0.15) is 0 Å². The summed E-state index contributed by atoms with van der Waals surface area (Å²) >= 11 is 6.20. The monoisotopic (exact) mass is 324 g/mol. The molecule has 1 N–H and O–H groups in total. The van der Waals surface area contributed by atoms with Crippen LogP contribution in [0.3, 0.4) is 0 Å². The zero-order chi connectivity index (χ0) is 16.2. The highest BCUT2D eigenvalue weighted by atomic mass is 35.5.